The highest BCUT2D eigenvalue weighted by Gasteiger charge is 2.17. The van der Waals surface area contributed by atoms with E-state index in [0.29, 0.717) is 11.4 Å². The first kappa shape index (κ1) is 18.2. The summed E-state index contributed by atoms with van der Waals surface area (Å²) in [5.41, 5.74) is 6.24. The second-order valence-electron chi connectivity index (χ2n) is 5.41. The first-order valence-corrected chi connectivity index (χ1v) is 8.33. The summed E-state index contributed by atoms with van der Waals surface area (Å²) in [6.45, 7) is 0. The largest absolute Gasteiger partial charge is 0.504 e. The zero-order valence-corrected chi connectivity index (χ0v) is 15.2. The van der Waals surface area contributed by atoms with Gasteiger partial charge in [-0.15, -0.1) is 0 Å². The number of anilines is 1. The molecule has 2 aromatic carbocycles. The molecule has 0 saturated carbocycles. The SMILES string of the molecule is COc1cccc(NC(=S)NNC(=O)c2nn(-c3ccccc3)cc2O)c1. The van der Waals surface area contributed by atoms with Crippen molar-refractivity contribution in [2.45, 2.75) is 0 Å². The van der Waals surface area contributed by atoms with Crippen LogP contribution in [0.3, 0.4) is 0 Å². The normalized spacial score (nSPS) is 10.1. The van der Waals surface area contributed by atoms with E-state index in [4.69, 9.17) is 17.0 Å². The number of nitrogens with one attached hydrogen (secondary N) is 3. The maximum atomic E-state index is 12.3. The van der Waals surface area contributed by atoms with Crippen LogP contribution in [0.2, 0.25) is 0 Å². The fraction of sp³-hybridized carbons (Fsp3) is 0.0556. The van der Waals surface area contributed by atoms with Gasteiger partial charge in [-0.25, -0.2) is 4.68 Å². The number of carbonyl (C=O) groups excluding carboxylic acids is 1. The summed E-state index contributed by atoms with van der Waals surface area (Å²) in [4.78, 5) is 12.3. The van der Waals surface area contributed by atoms with Gasteiger partial charge in [-0.05, 0) is 36.5 Å². The number of ether oxygens (including phenoxy) is 1. The standard InChI is InChI=1S/C18H17N5O3S/c1-26-14-9-5-6-12(10-14)19-18(27)21-20-17(25)16-15(24)11-23(22-16)13-7-3-2-4-8-13/h2-11,24H,1H3,(H,20,25)(H2,19,21,27). The number of hydrogen-bond acceptors (Lipinski definition) is 5. The Kier molecular flexibility index (Phi) is 5.53. The van der Waals surface area contributed by atoms with Crippen molar-refractivity contribution in [3.8, 4) is 17.2 Å². The van der Waals surface area contributed by atoms with Gasteiger partial charge in [0.2, 0.25) is 0 Å². The van der Waals surface area contributed by atoms with Gasteiger partial charge in [0, 0.05) is 11.8 Å². The van der Waals surface area contributed by atoms with Crippen LogP contribution in [0.15, 0.2) is 60.8 Å². The lowest BCUT2D eigenvalue weighted by atomic mass is 10.3. The molecule has 0 radical (unpaired) electrons. The predicted octanol–water partition coefficient (Wildman–Crippen LogP) is 2.22. The Bertz CT molecular complexity index is 959. The van der Waals surface area contributed by atoms with Gasteiger partial charge in [0.05, 0.1) is 19.0 Å². The fourth-order valence-corrected chi connectivity index (χ4v) is 2.44. The number of thiocarbonyl (C=S) groups is 1. The van der Waals surface area contributed by atoms with E-state index in [-0.39, 0.29) is 16.6 Å². The van der Waals surface area contributed by atoms with Crippen molar-refractivity contribution in [3.05, 3.63) is 66.5 Å². The first-order chi connectivity index (χ1) is 13.1. The van der Waals surface area contributed by atoms with E-state index >= 15 is 0 Å². The number of nitrogens with zero attached hydrogens (tertiary/aromatic N) is 2. The number of hydrogen-bond donors (Lipinski definition) is 4. The Labute approximate surface area is 160 Å². The molecule has 8 nitrogen and oxygen atoms in total. The zero-order chi connectivity index (χ0) is 19.2. The molecule has 9 heteroatoms. The monoisotopic (exact) mass is 383 g/mol. The van der Waals surface area contributed by atoms with Crippen molar-refractivity contribution in [1.82, 2.24) is 20.6 Å². The van der Waals surface area contributed by atoms with Crippen LogP contribution in [0.25, 0.3) is 5.69 Å². The number of amides is 1. The molecule has 1 heterocycles. The maximum absolute atomic E-state index is 12.3. The first-order valence-electron chi connectivity index (χ1n) is 7.92. The number of rotatable bonds is 4. The summed E-state index contributed by atoms with van der Waals surface area (Å²) in [5, 5.41) is 17.2. The van der Waals surface area contributed by atoms with Gasteiger partial charge in [0.15, 0.2) is 16.6 Å². The van der Waals surface area contributed by atoms with Gasteiger partial charge in [0.25, 0.3) is 5.91 Å². The number of para-hydroxylation sites is 1. The highest BCUT2D eigenvalue weighted by Crippen LogP contribution is 2.18. The van der Waals surface area contributed by atoms with Crippen molar-refractivity contribution >= 4 is 28.9 Å². The minimum absolute atomic E-state index is 0.129. The van der Waals surface area contributed by atoms with Crippen LogP contribution in [-0.4, -0.2) is 33.0 Å². The molecule has 0 aliphatic heterocycles. The minimum Gasteiger partial charge on any atom is -0.504 e. The summed E-state index contributed by atoms with van der Waals surface area (Å²) < 4.78 is 6.55. The van der Waals surface area contributed by atoms with Crippen LogP contribution in [0.1, 0.15) is 10.5 Å². The molecule has 0 aliphatic rings. The molecule has 3 rings (SSSR count). The van der Waals surface area contributed by atoms with Gasteiger partial charge in [-0.3, -0.25) is 15.6 Å². The number of carbonyl (C=O) groups is 1. The van der Waals surface area contributed by atoms with E-state index in [1.807, 2.05) is 18.2 Å². The van der Waals surface area contributed by atoms with Crippen molar-refractivity contribution < 1.29 is 14.6 Å². The lowest BCUT2D eigenvalue weighted by Crippen LogP contribution is -2.43. The molecule has 0 atom stereocenters. The lowest BCUT2D eigenvalue weighted by molar-refractivity contribution is 0.0936. The third-order valence-electron chi connectivity index (χ3n) is 3.55. The van der Waals surface area contributed by atoms with Gasteiger partial charge >= 0.3 is 0 Å². The molecular weight excluding hydrogens is 366 g/mol. The van der Waals surface area contributed by atoms with E-state index in [0.717, 1.165) is 5.69 Å². The predicted molar refractivity (Wildman–Crippen MR) is 105 cm³/mol. The molecule has 4 N–H and O–H groups in total. The Hall–Kier alpha value is -3.59. The van der Waals surface area contributed by atoms with E-state index in [2.05, 4.69) is 21.3 Å². The molecule has 0 bridgehead atoms. The van der Waals surface area contributed by atoms with E-state index < -0.39 is 5.91 Å². The summed E-state index contributed by atoms with van der Waals surface area (Å²) >= 11 is 5.13. The number of methoxy groups -OCH3 is 1. The van der Waals surface area contributed by atoms with E-state index in [9.17, 15) is 9.90 Å². The molecule has 3 aromatic rings. The van der Waals surface area contributed by atoms with E-state index in [1.54, 1.807) is 43.5 Å². The van der Waals surface area contributed by atoms with Gasteiger partial charge in [-0.1, -0.05) is 24.3 Å². The average Bonchev–Trinajstić information content (AvgIpc) is 3.09. The van der Waals surface area contributed by atoms with Gasteiger partial charge < -0.3 is 15.2 Å². The number of aromatic nitrogens is 2. The van der Waals surface area contributed by atoms with Crippen LogP contribution in [-0.2, 0) is 0 Å². The smallest absolute Gasteiger partial charge is 0.294 e. The highest BCUT2D eigenvalue weighted by atomic mass is 32.1. The topological polar surface area (TPSA) is 100 Å². The molecule has 1 aromatic heterocycles. The second-order valence-corrected chi connectivity index (χ2v) is 5.82. The van der Waals surface area contributed by atoms with Crippen molar-refractivity contribution in [2.75, 3.05) is 12.4 Å². The summed E-state index contributed by atoms with van der Waals surface area (Å²) in [7, 11) is 1.57. The zero-order valence-electron chi connectivity index (χ0n) is 14.3. The van der Waals surface area contributed by atoms with Crippen molar-refractivity contribution in [2.24, 2.45) is 0 Å². The second kappa shape index (κ2) is 8.19. The van der Waals surface area contributed by atoms with Gasteiger partial charge in [0.1, 0.15) is 5.75 Å². The lowest BCUT2D eigenvalue weighted by Gasteiger charge is -2.11. The quantitative estimate of drug-likeness (QED) is 0.405. The summed E-state index contributed by atoms with van der Waals surface area (Å²) in [6, 6.07) is 16.3. The Morgan fingerprint density at radius 3 is 2.67 bits per heavy atom. The maximum Gasteiger partial charge on any atom is 0.294 e. The molecule has 138 valence electrons. The minimum atomic E-state index is -0.628. The average molecular weight is 383 g/mol. The third kappa shape index (κ3) is 4.53. The molecular formula is C18H17N5O3S. The fourth-order valence-electron chi connectivity index (χ4n) is 2.28. The molecule has 0 fully saturated rings. The number of benzene rings is 2. The van der Waals surface area contributed by atoms with Crippen molar-refractivity contribution in [1.29, 1.82) is 0 Å². The molecule has 0 unspecified atom stereocenters. The van der Waals surface area contributed by atoms with Gasteiger partial charge in [-0.2, -0.15) is 5.10 Å². The number of aromatic hydroxyl groups is 1. The molecule has 0 saturated heterocycles. The summed E-state index contributed by atoms with van der Waals surface area (Å²) in [6.07, 6.45) is 1.36. The van der Waals surface area contributed by atoms with Crippen LogP contribution in [0, 0.1) is 0 Å². The number of hydrazine groups is 1. The van der Waals surface area contributed by atoms with Crippen LogP contribution >= 0.6 is 12.2 Å². The third-order valence-corrected chi connectivity index (χ3v) is 3.75. The van der Waals surface area contributed by atoms with Crippen molar-refractivity contribution in [3.63, 3.8) is 0 Å². The Morgan fingerprint density at radius 2 is 1.93 bits per heavy atom. The molecule has 0 spiro atoms. The van der Waals surface area contributed by atoms with Crippen LogP contribution < -0.4 is 20.9 Å². The summed E-state index contributed by atoms with van der Waals surface area (Å²) in [5.74, 6) is -0.204. The Balaban J connectivity index is 1.60. The van der Waals surface area contributed by atoms with Crippen LogP contribution in [0.5, 0.6) is 11.5 Å². The van der Waals surface area contributed by atoms with Crippen LogP contribution in [0.4, 0.5) is 5.69 Å². The molecule has 27 heavy (non-hydrogen) atoms. The highest BCUT2D eigenvalue weighted by molar-refractivity contribution is 7.80. The Morgan fingerprint density at radius 1 is 1.15 bits per heavy atom. The molecule has 0 aliphatic carbocycles. The molecule has 1 amide bonds. The van der Waals surface area contributed by atoms with E-state index in [1.165, 1.54) is 10.9 Å².